The minimum atomic E-state index is 0.245. The first-order valence-corrected chi connectivity index (χ1v) is 11.6. The molecule has 0 amide bonds. The quantitative estimate of drug-likeness (QED) is 0.231. The van der Waals surface area contributed by atoms with Gasteiger partial charge in [-0.1, -0.05) is 71.1 Å². The number of unbranched alkanes of at least 4 members (excludes halogenated alkanes) is 7. The first kappa shape index (κ1) is 22.0. The Bertz CT molecular complexity index is 277. The number of hydrogen-bond donors (Lipinski definition) is 0. The molecule has 1 rings (SSSR count). The molecule has 2 nitrogen and oxygen atoms in total. The molecule has 1 atom stereocenters. The van der Waals surface area contributed by atoms with E-state index >= 15 is 0 Å². The molecule has 1 aliphatic carbocycles. The molecular formula is C21H40O2S. The first-order chi connectivity index (χ1) is 11.9. The van der Waals surface area contributed by atoms with E-state index in [-0.39, 0.29) is 5.25 Å². The minimum Gasteiger partial charge on any atom is -0.378 e. The van der Waals surface area contributed by atoms with E-state index in [0.29, 0.717) is 6.10 Å². The number of ether oxygens (including phenoxy) is 1. The summed E-state index contributed by atoms with van der Waals surface area (Å²) in [6.45, 7) is 3.16. The number of thioether (sulfide) groups is 1. The molecular weight excluding hydrogens is 316 g/mol. The molecule has 1 fully saturated rings. The van der Waals surface area contributed by atoms with Gasteiger partial charge in [0.1, 0.15) is 6.29 Å². The fraction of sp³-hybridized carbons (Fsp3) is 0.952. The Morgan fingerprint density at radius 1 is 0.958 bits per heavy atom. The van der Waals surface area contributed by atoms with Crippen LogP contribution in [0.5, 0.6) is 0 Å². The molecule has 0 bridgehead atoms. The van der Waals surface area contributed by atoms with Crippen molar-refractivity contribution in [2.45, 2.75) is 115 Å². The summed E-state index contributed by atoms with van der Waals surface area (Å²) in [5, 5.41) is 0.245. The van der Waals surface area contributed by atoms with Gasteiger partial charge in [-0.2, -0.15) is 11.8 Å². The maximum atomic E-state index is 11.0. The van der Waals surface area contributed by atoms with Gasteiger partial charge in [0.15, 0.2) is 0 Å². The van der Waals surface area contributed by atoms with Crippen molar-refractivity contribution in [3.05, 3.63) is 0 Å². The third-order valence-corrected chi connectivity index (χ3v) is 6.40. The van der Waals surface area contributed by atoms with Gasteiger partial charge in [0, 0.05) is 6.61 Å². The summed E-state index contributed by atoms with van der Waals surface area (Å²) in [5.41, 5.74) is 0. The van der Waals surface area contributed by atoms with Crippen LogP contribution in [0.3, 0.4) is 0 Å². The lowest BCUT2D eigenvalue weighted by molar-refractivity contribution is -0.107. The second kappa shape index (κ2) is 16.4. The highest BCUT2D eigenvalue weighted by Gasteiger charge is 2.12. The van der Waals surface area contributed by atoms with Crippen LogP contribution in [0.2, 0.25) is 0 Å². The first-order valence-electron chi connectivity index (χ1n) is 10.5. The lowest BCUT2D eigenvalue weighted by Crippen LogP contribution is -2.17. The summed E-state index contributed by atoms with van der Waals surface area (Å²) >= 11 is 1.83. The Balaban J connectivity index is 1.77. The zero-order chi connectivity index (χ0) is 17.3. The highest BCUT2D eigenvalue weighted by atomic mass is 32.2. The Hall–Kier alpha value is -0.0200. The van der Waals surface area contributed by atoms with E-state index in [9.17, 15) is 4.79 Å². The Labute approximate surface area is 154 Å². The summed E-state index contributed by atoms with van der Waals surface area (Å²) in [5.74, 6) is 1.12. The predicted octanol–water partition coefficient (Wildman–Crippen LogP) is 6.56. The summed E-state index contributed by atoms with van der Waals surface area (Å²) in [4.78, 5) is 11.0. The third kappa shape index (κ3) is 12.4. The predicted molar refractivity (Wildman–Crippen MR) is 107 cm³/mol. The van der Waals surface area contributed by atoms with Crippen molar-refractivity contribution in [3.8, 4) is 0 Å². The van der Waals surface area contributed by atoms with Gasteiger partial charge in [0.25, 0.3) is 0 Å². The highest BCUT2D eigenvalue weighted by molar-refractivity contribution is 8.00. The lowest BCUT2D eigenvalue weighted by Gasteiger charge is -2.21. The van der Waals surface area contributed by atoms with E-state index in [4.69, 9.17) is 4.74 Å². The maximum absolute atomic E-state index is 11.0. The SMILES string of the molecule is CCCSC(C=O)CCCCCCCCCCOC1CCCCC1. The van der Waals surface area contributed by atoms with Crippen LogP contribution in [-0.4, -0.2) is 30.0 Å². The number of hydrogen-bond acceptors (Lipinski definition) is 3. The normalized spacial score (nSPS) is 17.0. The van der Waals surface area contributed by atoms with Crippen molar-refractivity contribution in [3.63, 3.8) is 0 Å². The van der Waals surface area contributed by atoms with Crippen LogP contribution >= 0.6 is 11.8 Å². The van der Waals surface area contributed by atoms with Crippen molar-refractivity contribution in [1.82, 2.24) is 0 Å². The second-order valence-corrected chi connectivity index (χ2v) is 8.64. The van der Waals surface area contributed by atoms with E-state index in [1.54, 1.807) is 0 Å². The third-order valence-electron chi connectivity index (χ3n) is 4.98. The topological polar surface area (TPSA) is 26.3 Å². The minimum absolute atomic E-state index is 0.245. The zero-order valence-electron chi connectivity index (χ0n) is 16.0. The van der Waals surface area contributed by atoms with Gasteiger partial charge in [-0.05, 0) is 37.9 Å². The van der Waals surface area contributed by atoms with Gasteiger partial charge in [-0.25, -0.2) is 0 Å². The average Bonchev–Trinajstić information content (AvgIpc) is 2.63. The van der Waals surface area contributed by atoms with Crippen LogP contribution in [0.1, 0.15) is 103 Å². The summed E-state index contributed by atoms with van der Waals surface area (Å²) in [7, 11) is 0. The number of aldehydes is 1. The van der Waals surface area contributed by atoms with E-state index in [1.807, 2.05) is 11.8 Å². The van der Waals surface area contributed by atoms with Crippen LogP contribution in [0.4, 0.5) is 0 Å². The van der Waals surface area contributed by atoms with Gasteiger partial charge < -0.3 is 9.53 Å². The fourth-order valence-electron chi connectivity index (χ4n) is 3.45. The van der Waals surface area contributed by atoms with Crippen molar-refractivity contribution < 1.29 is 9.53 Å². The molecule has 24 heavy (non-hydrogen) atoms. The average molecular weight is 357 g/mol. The molecule has 0 saturated heterocycles. The molecule has 0 aliphatic heterocycles. The van der Waals surface area contributed by atoms with E-state index in [1.165, 1.54) is 89.9 Å². The molecule has 0 spiro atoms. The molecule has 3 heteroatoms. The van der Waals surface area contributed by atoms with Gasteiger partial charge >= 0.3 is 0 Å². The number of rotatable bonds is 16. The monoisotopic (exact) mass is 356 g/mol. The Morgan fingerprint density at radius 3 is 2.21 bits per heavy atom. The standard InChI is InChI=1S/C21H40O2S/c1-2-18-24-21(19-22)16-12-7-5-3-4-6-8-13-17-23-20-14-10-9-11-15-20/h19-21H,2-18H2,1H3. The molecule has 0 heterocycles. The summed E-state index contributed by atoms with van der Waals surface area (Å²) in [6, 6.07) is 0. The van der Waals surface area contributed by atoms with Crippen LogP contribution < -0.4 is 0 Å². The zero-order valence-corrected chi connectivity index (χ0v) is 16.8. The van der Waals surface area contributed by atoms with Crippen LogP contribution in [0.15, 0.2) is 0 Å². The van der Waals surface area contributed by atoms with Gasteiger partial charge in [-0.3, -0.25) is 0 Å². The number of carbonyl (C=O) groups excluding carboxylic acids is 1. The second-order valence-electron chi connectivity index (χ2n) is 7.29. The summed E-state index contributed by atoms with van der Waals surface area (Å²) in [6.07, 6.45) is 21.2. The molecule has 0 aromatic carbocycles. The summed E-state index contributed by atoms with van der Waals surface area (Å²) < 4.78 is 5.97. The Kier molecular flexibility index (Phi) is 15.1. The van der Waals surface area contributed by atoms with Gasteiger partial charge in [0.05, 0.1) is 11.4 Å². The molecule has 142 valence electrons. The fourth-order valence-corrected chi connectivity index (χ4v) is 4.40. The molecule has 0 radical (unpaired) electrons. The maximum Gasteiger partial charge on any atom is 0.132 e. The van der Waals surface area contributed by atoms with Crippen molar-refractivity contribution in [2.24, 2.45) is 0 Å². The van der Waals surface area contributed by atoms with Crippen molar-refractivity contribution in [2.75, 3.05) is 12.4 Å². The van der Waals surface area contributed by atoms with Crippen LogP contribution in [-0.2, 0) is 9.53 Å². The molecule has 0 aromatic heterocycles. The van der Waals surface area contributed by atoms with Crippen LogP contribution in [0, 0.1) is 0 Å². The Morgan fingerprint density at radius 2 is 1.58 bits per heavy atom. The van der Waals surface area contributed by atoms with Crippen molar-refractivity contribution in [1.29, 1.82) is 0 Å². The lowest BCUT2D eigenvalue weighted by atomic mass is 9.98. The smallest absolute Gasteiger partial charge is 0.132 e. The van der Waals surface area contributed by atoms with E-state index in [0.717, 1.165) is 25.1 Å². The largest absolute Gasteiger partial charge is 0.378 e. The van der Waals surface area contributed by atoms with E-state index in [2.05, 4.69) is 6.92 Å². The van der Waals surface area contributed by atoms with Gasteiger partial charge in [0.2, 0.25) is 0 Å². The molecule has 1 unspecified atom stereocenters. The molecule has 1 aliphatic rings. The van der Waals surface area contributed by atoms with Gasteiger partial charge in [-0.15, -0.1) is 0 Å². The molecule has 1 saturated carbocycles. The van der Waals surface area contributed by atoms with Crippen molar-refractivity contribution >= 4 is 18.0 Å². The number of carbonyl (C=O) groups is 1. The highest BCUT2D eigenvalue weighted by Crippen LogP contribution is 2.21. The molecule has 0 N–H and O–H groups in total. The molecule has 0 aromatic rings. The van der Waals surface area contributed by atoms with E-state index < -0.39 is 0 Å². The van der Waals surface area contributed by atoms with Crippen LogP contribution in [0.25, 0.3) is 0 Å².